The molecule has 0 radical (unpaired) electrons. The average Bonchev–Trinajstić information content (AvgIpc) is 2.84. The van der Waals surface area contributed by atoms with E-state index in [2.05, 4.69) is 10.3 Å². The second-order valence-electron chi connectivity index (χ2n) is 9.88. The molecule has 1 heterocycles. The number of amides is 4. The number of benzene rings is 2. The summed E-state index contributed by atoms with van der Waals surface area (Å²) < 4.78 is 33.5. The fourth-order valence-electron chi connectivity index (χ4n) is 4.10. The maximum atomic E-state index is 14.2. The molecule has 3 rings (SSSR count). The molecule has 0 spiro atoms. The summed E-state index contributed by atoms with van der Waals surface area (Å²) in [5.74, 6) is -4.94. The molecule has 12 heteroatoms. The number of rotatable bonds is 8. The van der Waals surface area contributed by atoms with Crippen LogP contribution in [0.25, 0.3) is 0 Å². The van der Waals surface area contributed by atoms with Crippen molar-refractivity contribution in [1.82, 2.24) is 9.88 Å². The first-order valence-electron chi connectivity index (χ1n) is 12.1. The van der Waals surface area contributed by atoms with Crippen LogP contribution < -0.4 is 16.8 Å². The third-order valence-electron chi connectivity index (χ3n) is 5.72. The highest BCUT2D eigenvalue weighted by Gasteiger charge is 2.37. The fraction of sp³-hybridized carbons (Fsp3) is 0.250. The minimum atomic E-state index is -1.46. The molecule has 10 nitrogen and oxygen atoms in total. The van der Waals surface area contributed by atoms with Gasteiger partial charge in [0.1, 0.15) is 29.0 Å². The maximum Gasteiger partial charge on any atom is 0.412 e. The number of anilines is 1. The Morgan fingerprint density at radius 2 is 1.55 bits per heavy atom. The molecule has 0 aliphatic rings. The van der Waals surface area contributed by atoms with Crippen LogP contribution in [-0.4, -0.2) is 39.3 Å². The van der Waals surface area contributed by atoms with Gasteiger partial charge in [0.05, 0.1) is 17.3 Å². The van der Waals surface area contributed by atoms with Crippen LogP contribution >= 0.6 is 0 Å². The number of hydrogen-bond donors (Lipinski definition) is 3. The van der Waals surface area contributed by atoms with E-state index in [1.807, 2.05) is 0 Å². The monoisotopic (exact) mass is 553 g/mol. The predicted molar refractivity (Wildman–Crippen MR) is 142 cm³/mol. The Hall–Kier alpha value is -4.87. The van der Waals surface area contributed by atoms with E-state index in [-0.39, 0.29) is 16.8 Å². The SMILES string of the molecule is C[C@H](c1cc(F)cc(F)c1)N(C(=O)c1nccc(NC(=O)OC(C)(C)C)c1C(N)=O)[C@@H](C(N)=O)c1ccccc1. The molecule has 2 atom stereocenters. The smallest absolute Gasteiger partial charge is 0.412 e. The minimum absolute atomic E-state index is 0.00306. The number of nitrogens with zero attached hydrogens (tertiary/aromatic N) is 2. The van der Waals surface area contributed by atoms with Crippen LogP contribution in [0.4, 0.5) is 19.3 Å². The van der Waals surface area contributed by atoms with Crippen molar-refractivity contribution in [3.63, 3.8) is 0 Å². The zero-order chi connectivity index (χ0) is 29.8. The number of aromatic nitrogens is 1. The number of carbonyl (C=O) groups excluding carboxylic acids is 4. The second kappa shape index (κ2) is 11.9. The largest absolute Gasteiger partial charge is 0.444 e. The summed E-state index contributed by atoms with van der Waals surface area (Å²) in [6, 6.07) is 9.24. The zero-order valence-corrected chi connectivity index (χ0v) is 22.3. The van der Waals surface area contributed by atoms with Crippen LogP contribution in [0.1, 0.15) is 71.8 Å². The van der Waals surface area contributed by atoms with Crippen molar-refractivity contribution in [2.75, 3.05) is 5.32 Å². The molecule has 0 saturated heterocycles. The molecule has 0 bridgehead atoms. The first-order valence-corrected chi connectivity index (χ1v) is 12.1. The standard InChI is InChI=1S/C28H29F2N5O5/c1-15(17-12-18(29)14-19(30)13-17)35(23(25(32)37)16-8-6-5-7-9-16)26(38)22-21(24(31)36)20(10-11-33-22)34-27(39)40-28(2,3)4/h5-15,23H,1-4H3,(H2,31,36)(H2,32,37)(H,33,34,39)/t15-,23-/m1/s1. The first-order chi connectivity index (χ1) is 18.7. The quantitative estimate of drug-likeness (QED) is 0.379. The number of nitrogens with two attached hydrogens (primary N) is 2. The summed E-state index contributed by atoms with van der Waals surface area (Å²) in [7, 11) is 0. The lowest BCUT2D eigenvalue weighted by Crippen LogP contribution is -2.44. The molecule has 0 aliphatic heterocycles. The van der Waals surface area contributed by atoms with Crippen LogP contribution in [0.3, 0.4) is 0 Å². The zero-order valence-electron chi connectivity index (χ0n) is 22.3. The number of pyridine rings is 1. The van der Waals surface area contributed by atoms with Crippen LogP contribution in [0, 0.1) is 11.6 Å². The Morgan fingerprint density at radius 1 is 0.950 bits per heavy atom. The minimum Gasteiger partial charge on any atom is -0.444 e. The van der Waals surface area contributed by atoms with Crippen LogP contribution in [0.15, 0.2) is 60.8 Å². The summed E-state index contributed by atoms with van der Waals surface area (Å²) in [6.45, 7) is 6.32. The Labute approximate surface area is 229 Å². The van der Waals surface area contributed by atoms with Gasteiger partial charge < -0.3 is 21.1 Å². The number of hydrogen-bond acceptors (Lipinski definition) is 6. The van der Waals surface area contributed by atoms with Gasteiger partial charge in [-0.15, -0.1) is 0 Å². The molecule has 0 unspecified atom stereocenters. The van der Waals surface area contributed by atoms with Gasteiger partial charge in [0.15, 0.2) is 0 Å². The Morgan fingerprint density at radius 3 is 2.08 bits per heavy atom. The lowest BCUT2D eigenvalue weighted by Gasteiger charge is -2.35. The molecule has 3 aromatic rings. The number of carbonyl (C=O) groups is 4. The number of ether oxygens (including phenoxy) is 1. The van der Waals surface area contributed by atoms with E-state index in [4.69, 9.17) is 16.2 Å². The summed E-state index contributed by atoms with van der Waals surface area (Å²) in [4.78, 5) is 56.9. The number of nitrogens with one attached hydrogen (secondary N) is 1. The van der Waals surface area contributed by atoms with E-state index in [1.165, 1.54) is 25.1 Å². The molecule has 5 N–H and O–H groups in total. The molecule has 0 fully saturated rings. The van der Waals surface area contributed by atoms with Gasteiger partial charge in [-0.1, -0.05) is 30.3 Å². The average molecular weight is 554 g/mol. The fourth-order valence-corrected chi connectivity index (χ4v) is 4.10. The Balaban J connectivity index is 2.21. The first kappa shape index (κ1) is 29.7. The highest BCUT2D eigenvalue weighted by Crippen LogP contribution is 2.34. The van der Waals surface area contributed by atoms with Crippen molar-refractivity contribution in [2.24, 2.45) is 11.5 Å². The van der Waals surface area contributed by atoms with E-state index in [0.717, 1.165) is 23.2 Å². The van der Waals surface area contributed by atoms with Gasteiger partial charge in [0.25, 0.3) is 11.8 Å². The molecule has 0 saturated carbocycles. The molecule has 2 aromatic carbocycles. The maximum absolute atomic E-state index is 14.2. The van der Waals surface area contributed by atoms with E-state index in [1.54, 1.807) is 39.0 Å². The molecule has 1 aromatic heterocycles. The summed E-state index contributed by atoms with van der Waals surface area (Å²) in [5, 5.41) is 2.38. The lowest BCUT2D eigenvalue weighted by atomic mass is 9.97. The number of halogens is 2. The molecule has 40 heavy (non-hydrogen) atoms. The third-order valence-corrected chi connectivity index (χ3v) is 5.72. The van der Waals surface area contributed by atoms with E-state index in [0.29, 0.717) is 6.07 Å². The van der Waals surface area contributed by atoms with Gasteiger partial charge in [0.2, 0.25) is 5.91 Å². The summed E-state index contributed by atoms with van der Waals surface area (Å²) in [6.07, 6.45) is 0.207. The predicted octanol–water partition coefficient (Wildman–Crippen LogP) is 4.24. The van der Waals surface area contributed by atoms with Crippen molar-refractivity contribution >= 4 is 29.5 Å². The highest BCUT2D eigenvalue weighted by molar-refractivity contribution is 6.11. The van der Waals surface area contributed by atoms with Crippen molar-refractivity contribution in [3.05, 3.63) is 94.8 Å². The Kier molecular flexibility index (Phi) is 8.82. The van der Waals surface area contributed by atoms with Gasteiger partial charge in [-0.05, 0) is 57.0 Å². The normalized spacial score (nSPS) is 12.7. The third kappa shape index (κ3) is 6.95. The van der Waals surface area contributed by atoms with Gasteiger partial charge in [-0.25, -0.2) is 13.6 Å². The topological polar surface area (TPSA) is 158 Å². The molecule has 210 valence electrons. The van der Waals surface area contributed by atoms with Gasteiger partial charge in [0, 0.05) is 12.3 Å². The highest BCUT2D eigenvalue weighted by atomic mass is 19.1. The second-order valence-corrected chi connectivity index (χ2v) is 9.88. The van der Waals surface area contributed by atoms with Crippen LogP contribution in [-0.2, 0) is 9.53 Å². The molecular weight excluding hydrogens is 524 g/mol. The van der Waals surface area contributed by atoms with Gasteiger partial charge >= 0.3 is 6.09 Å². The van der Waals surface area contributed by atoms with E-state index < -0.39 is 64.4 Å². The van der Waals surface area contributed by atoms with Crippen molar-refractivity contribution < 1.29 is 32.7 Å². The Bertz CT molecular complexity index is 1420. The van der Waals surface area contributed by atoms with Crippen molar-refractivity contribution in [1.29, 1.82) is 0 Å². The van der Waals surface area contributed by atoms with Gasteiger partial charge in [-0.3, -0.25) is 24.7 Å². The van der Waals surface area contributed by atoms with Crippen molar-refractivity contribution in [3.8, 4) is 0 Å². The van der Waals surface area contributed by atoms with E-state index >= 15 is 0 Å². The molecular formula is C28H29F2N5O5. The van der Waals surface area contributed by atoms with Crippen molar-refractivity contribution in [2.45, 2.75) is 45.4 Å². The van der Waals surface area contributed by atoms with Gasteiger partial charge in [-0.2, -0.15) is 0 Å². The number of primary amides is 2. The molecule has 4 amide bonds. The van der Waals surface area contributed by atoms with Crippen LogP contribution in [0.5, 0.6) is 0 Å². The lowest BCUT2D eigenvalue weighted by molar-refractivity contribution is -0.123. The van der Waals surface area contributed by atoms with E-state index in [9.17, 15) is 28.0 Å². The van der Waals surface area contributed by atoms with Crippen LogP contribution in [0.2, 0.25) is 0 Å². The summed E-state index contributed by atoms with van der Waals surface area (Å²) in [5.41, 5.74) is 9.56. The molecule has 0 aliphatic carbocycles. The summed E-state index contributed by atoms with van der Waals surface area (Å²) >= 11 is 0.